The van der Waals surface area contributed by atoms with Crippen molar-refractivity contribution >= 4 is 11.9 Å². The van der Waals surface area contributed by atoms with Crippen molar-refractivity contribution in [1.29, 1.82) is 0 Å². The van der Waals surface area contributed by atoms with Gasteiger partial charge >= 0.3 is 11.9 Å². The largest absolute Gasteiger partial charge is 0.454 e. The molecule has 0 rings (SSSR count). The summed E-state index contributed by atoms with van der Waals surface area (Å²) in [5, 5.41) is 0. The Morgan fingerprint density at radius 1 is 1.50 bits per heavy atom. The van der Waals surface area contributed by atoms with Gasteiger partial charge in [0.25, 0.3) is 0 Å². The molecule has 0 spiro atoms. The van der Waals surface area contributed by atoms with Crippen LogP contribution in [-0.2, 0) is 19.1 Å². The van der Waals surface area contributed by atoms with Crippen LogP contribution in [0.3, 0.4) is 0 Å². The van der Waals surface area contributed by atoms with Gasteiger partial charge in [-0.2, -0.15) is 0 Å². The number of carbonyl (C=O) groups is 2. The third kappa shape index (κ3) is 5.22. The van der Waals surface area contributed by atoms with Crippen LogP contribution in [0.25, 0.3) is 0 Å². The molecule has 0 atom stereocenters. The van der Waals surface area contributed by atoms with Crippen LogP contribution in [0, 0.1) is 0 Å². The van der Waals surface area contributed by atoms with Crippen molar-refractivity contribution in [3.63, 3.8) is 0 Å². The Labute approximate surface area is 70.5 Å². The normalized spacial score (nSPS) is 8.42. The van der Waals surface area contributed by atoms with Crippen molar-refractivity contribution in [2.45, 2.75) is 6.92 Å². The summed E-state index contributed by atoms with van der Waals surface area (Å²) in [6, 6.07) is 0. The molecule has 0 N–H and O–H groups in total. The summed E-state index contributed by atoms with van der Waals surface area (Å²) in [4.78, 5) is 20.8. The molecule has 0 aliphatic carbocycles. The third-order valence-corrected chi connectivity index (χ3v) is 0.830. The Morgan fingerprint density at radius 2 is 2.08 bits per heavy atom. The van der Waals surface area contributed by atoms with Gasteiger partial charge in [0.1, 0.15) is 12.4 Å². The highest BCUT2D eigenvalue weighted by Gasteiger charge is 2.01. The number of hydrogen-bond acceptors (Lipinski definition) is 4. The summed E-state index contributed by atoms with van der Waals surface area (Å²) in [5.41, 5.74) is 0. The Balaban J connectivity index is 3.64. The smallest absolute Gasteiger partial charge is 0.330 e. The van der Waals surface area contributed by atoms with E-state index in [0.717, 1.165) is 6.08 Å². The second-order valence-corrected chi connectivity index (χ2v) is 1.94. The van der Waals surface area contributed by atoms with Gasteiger partial charge in [-0.3, -0.25) is 4.79 Å². The molecule has 4 heteroatoms. The number of esters is 2. The summed E-state index contributed by atoms with van der Waals surface area (Å²) >= 11 is 0. The summed E-state index contributed by atoms with van der Waals surface area (Å²) < 4.78 is 9.02. The first-order valence-corrected chi connectivity index (χ1v) is 3.21. The number of hydrogen-bond donors (Lipinski definition) is 0. The van der Waals surface area contributed by atoms with E-state index in [4.69, 9.17) is 0 Å². The lowest BCUT2D eigenvalue weighted by Crippen LogP contribution is -2.08. The van der Waals surface area contributed by atoms with Gasteiger partial charge in [0, 0.05) is 13.0 Å². The molecule has 0 unspecified atom stereocenters. The summed E-state index contributed by atoms with van der Waals surface area (Å²) in [6.07, 6.45) is 1.01. The van der Waals surface area contributed by atoms with Crippen molar-refractivity contribution in [3.8, 4) is 0 Å². The molecule has 0 saturated carbocycles. The van der Waals surface area contributed by atoms with Crippen LogP contribution in [0.2, 0.25) is 0 Å². The number of ether oxygens (including phenoxy) is 2. The Kier molecular flexibility index (Phi) is 4.45. The first kappa shape index (κ1) is 10.4. The molecule has 0 bridgehead atoms. The van der Waals surface area contributed by atoms with E-state index in [0.29, 0.717) is 0 Å². The van der Waals surface area contributed by atoms with Gasteiger partial charge in [-0.25, -0.2) is 4.79 Å². The van der Waals surface area contributed by atoms with Crippen LogP contribution in [0.15, 0.2) is 25.0 Å². The minimum atomic E-state index is -0.580. The molecule has 0 aromatic carbocycles. The van der Waals surface area contributed by atoms with Crippen molar-refractivity contribution in [2.24, 2.45) is 0 Å². The predicted molar refractivity (Wildman–Crippen MR) is 42.1 cm³/mol. The molecule has 0 heterocycles. The minimum Gasteiger partial charge on any atom is -0.454 e. The molecular weight excluding hydrogens is 160 g/mol. The molecule has 0 aliphatic rings. The van der Waals surface area contributed by atoms with Crippen molar-refractivity contribution in [2.75, 3.05) is 6.61 Å². The van der Waals surface area contributed by atoms with Crippen LogP contribution in [-0.4, -0.2) is 18.5 Å². The van der Waals surface area contributed by atoms with E-state index in [2.05, 4.69) is 22.6 Å². The van der Waals surface area contributed by atoms with Crippen molar-refractivity contribution < 1.29 is 19.1 Å². The van der Waals surface area contributed by atoms with Gasteiger partial charge in [0.15, 0.2) is 0 Å². The fraction of sp³-hybridized carbons (Fsp3) is 0.250. The third-order valence-electron chi connectivity index (χ3n) is 0.830. The summed E-state index contributed by atoms with van der Waals surface area (Å²) in [7, 11) is 0. The lowest BCUT2D eigenvalue weighted by molar-refractivity contribution is -0.143. The topological polar surface area (TPSA) is 52.6 Å². The highest BCUT2D eigenvalue weighted by molar-refractivity contribution is 5.81. The minimum absolute atomic E-state index is 0.0951. The zero-order valence-corrected chi connectivity index (χ0v) is 6.83. The molecule has 0 aromatic rings. The highest BCUT2D eigenvalue weighted by atomic mass is 16.6. The number of carbonyl (C=O) groups excluding carboxylic acids is 2. The van der Waals surface area contributed by atoms with Crippen molar-refractivity contribution in [3.05, 3.63) is 25.0 Å². The molecule has 0 saturated heterocycles. The van der Waals surface area contributed by atoms with E-state index in [-0.39, 0.29) is 12.4 Å². The summed E-state index contributed by atoms with van der Waals surface area (Å²) in [6.45, 7) is 7.64. The second kappa shape index (κ2) is 5.12. The Morgan fingerprint density at radius 3 is 2.50 bits per heavy atom. The predicted octanol–water partition coefficient (Wildman–Crippen LogP) is 0.792. The monoisotopic (exact) mass is 170 g/mol. The van der Waals surface area contributed by atoms with Crippen LogP contribution in [0.1, 0.15) is 6.92 Å². The van der Waals surface area contributed by atoms with Crippen LogP contribution in [0.4, 0.5) is 0 Å². The maximum absolute atomic E-state index is 10.5. The fourth-order valence-corrected chi connectivity index (χ4v) is 0.443. The molecular formula is C8H10O4. The van der Waals surface area contributed by atoms with Gasteiger partial charge in [-0.15, -0.1) is 0 Å². The van der Waals surface area contributed by atoms with E-state index < -0.39 is 11.9 Å². The molecule has 4 nitrogen and oxygen atoms in total. The maximum Gasteiger partial charge on any atom is 0.330 e. The molecule has 66 valence electrons. The molecule has 0 aromatic heterocycles. The van der Waals surface area contributed by atoms with E-state index in [1.54, 1.807) is 0 Å². The van der Waals surface area contributed by atoms with E-state index in [9.17, 15) is 9.59 Å². The standard InChI is InChI=1S/C8H10O4/c1-4-8(10)11-5-6(2)12-7(3)9/h4H,1-2,5H2,3H3. The average Bonchev–Trinajstić information content (AvgIpc) is 1.99. The zero-order valence-electron chi connectivity index (χ0n) is 6.83. The molecule has 0 aliphatic heterocycles. The summed E-state index contributed by atoms with van der Waals surface area (Å²) in [5.74, 6) is -0.976. The second-order valence-electron chi connectivity index (χ2n) is 1.94. The molecule has 0 radical (unpaired) electrons. The van der Waals surface area contributed by atoms with Gasteiger partial charge in [-0.05, 0) is 0 Å². The number of rotatable bonds is 4. The van der Waals surface area contributed by atoms with Gasteiger partial charge in [0.2, 0.25) is 0 Å². The van der Waals surface area contributed by atoms with Gasteiger partial charge < -0.3 is 9.47 Å². The molecule has 12 heavy (non-hydrogen) atoms. The highest BCUT2D eigenvalue weighted by Crippen LogP contribution is 1.95. The lowest BCUT2D eigenvalue weighted by atomic mass is 10.6. The van der Waals surface area contributed by atoms with Crippen LogP contribution in [0.5, 0.6) is 0 Å². The van der Waals surface area contributed by atoms with Crippen molar-refractivity contribution in [1.82, 2.24) is 0 Å². The first-order chi connectivity index (χ1) is 5.56. The fourth-order valence-electron chi connectivity index (χ4n) is 0.443. The molecule has 0 fully saturated rings. The SMILES string of the molecule is C=CC(=O)OCC(=C)OC(C)=O. The maximum atomic E-state index is 10.5. The van der Waals surface area contributed by atoms with E-state index >= 15 is 0 Å². The zero-order chi connectivity index (χ0) is 9.56. The first-order valence-electron chi connectivity index (χ1n) is 3.21. The Bertz CT molecular complexity index is 217. The average molecular weight is 170 g/mol. The van der Waals surface area contributed by atoms with Gasteiger partial charge in [-0.1, -0.05) is 13.2 Å². The van der Waals surface area contributed by atoms with Gasteiger partial charge in [0.05, 0.1) is 0 Å². The Hall–Kier alpha value is -1.58. The lowest BCUT2D eigenvalue weighted by Gasteiger charge is -2.04. The van der Waals surface area contributed by atoms with E-state index in [1.165, 1.54) is 6.92 Å². The van der Waals surface area contributed by atoms with Crippen LogP contribution < -0.4 is 0 Å². The van der Waals surface area contributed by atoms with Crippen LogP contribution >= 0.6 is 0 Å². The van der Waals surface area contributed by atoms with E-state index in [1.807, 2.05) is 0 Å². The quantitative estimate of drug-likeness (QED) is 0.355. The molecule has 0 amide bonds.